The van der Waals surface area contributed by atoms with Crippen molar-refractivity contribution >= 4 is 0 Å². The molecule has 2 nitrogen and oxygen atoms in total. The van der Waals surface area contributed by atoms with Crippen LogP contribution in [0.3, 0.4) is 0 Å². The van der Waals surface area contributed by atoms with Crippen LogP contribution in [-0.2, 0) is 0 Å². The second kappa shape index (κ2) is 3.35. The summed E-state index contributed by atoms with van der Waals surface area (Å²) in [6, 6.07) is 0. The molecule has 0 radical (unpaired) electrons. The van der Waals surface area contributed by atoms with Gasteiger partial charge in [-0.1, -0.05) is 20.8 Å². The highest BCUT2D eigenvalue weighted by Gasteiger charge is 2.31. The topological polar surface area (TPSA) is 46.2 Å². The zero-order valence-corrected chi connectivity index (χ0v) is 7.39. The number of hydrogen-bond acceptors (Lipinski definition) is 2. The average Bonchev–Trinajstić information content (AvgIpc) is 1.85. The lowest BCUT2D eigenvalue weighted by Crippen LogP contribution is -2.41. The molecule has 0 bridgehead atoms. The lowest BCUT2D eigenvalue weighted by Gasteiger charge is -2.35. The molecule has 0 aliphatic rings. The second-order valence-electron chi connectivity index (χ2n) is 3.54. The fraction of sp³-hybridized carbons (Fsp3) is 1.00. The van der Waals surface area contributed by atoms with Crippen LogP contribution in [0.4, 0.5) is 0 Å². The Kier molecular flexibility index (Phi) is 3.33. The van der Waals surface area contributed by atoms with Crippen molar-refractivity contribution in [2.45, 2.75) is 33.8 Å². The van der Waals surface area contributed by atoms with E-state index in [0.29, 0.717) is 12.5 Å². The van der Waals surface area contributed by atoms with Gasteiger partial charge in [0.1, 0.15) is 0 Å². The van der Waals surface area contributed by atoms with Gasteiger partial charge in [-0.05, 0) is 12.8 Å². The Bertz CT molecular complexity index is 91.4. The maximum absolute atomic E-state index is 9.36. The Morgan fingerprint density at radius 3 is 1.80 bits per heavy atom. The van der Waals surface area contributed by atoms with E-state index in [2.05, 4.69) is 13.8 Å². The summed E-state index contributed by atoms with van der Waals surface area (Å²) in [5.41, 5.74) is 5.42. The fourth-order valence-electron chi connectivity index (χ4n) is 0.889. The first-order chi connectivity index (χ1) is 4.45. The second-order valence-corrected chi connectivity index (χ2v) is 3.54. The third-order valence-electron chi connectivity index (χ3n) is 2.71. The monoisotopic (exact) mass is 145 g/mol. The molecule has 2 unspecified atom stereocenters. The molecule has 62 valence electrons. The molecular formula is C8H19NO. The first-order valence-corrected chi connectivity index (χ1v) is 3.83. The van der Waals surface area contributed by atoms with Crippen molar-refractivity contribution in [3.8, 4) is 0 Å². The molecule has 2 heteroatoms. The third-order valence-corrected chi connectivity index (χ3v) is 2.71. The van der Waals surface area contributed by atoms with E-state index < -0.39 is 0 Å². The third kappa shape index (κ3) is 1.70. The minimum absolute atomic E-state index is 0.125. The summed E-state index contributed by atoms with van der Waals surface area (Å²) >= 11 is 0. The molecule has 0 aromatic heterocycles. The van der Waals surface area contributed by atoms with Crippen LogP contribution in [0.15, 0.2) is 0 Å². The lowest BCUT2D eigenvalue weighted by molar-refractivity contribution is 0.0237. The van der Waals surface area contributed by atoms with Crippen LogP contribution in [0.2, 0.25) is 0 Å². The van der Waals surface area contributed by atoms with Crippen molar-refractivity contribution in [3.63, 3.8) is 0 Å². The van der Waals surface area contributed by atoms with Gasteiger partial charge in [0.2, 0.25) is 0 Å². The summed E-state index contributed by atoms with van der Waals surface area (Å²) in [6.07, 6.45) is -0.322. The van der Waals surface area contributed by atoms with Crippen LogP contribution in [0.25, 0.3) is 0 Å². The average molecular weight is 145 g/mol. The van der Waals surface area contributed by atoms with E-state index in [1.54, 1.807) is 6.92 Å². The molecule has 0 aromatic carbocycles. The van der Waals surface area contributed by atoms with Crippen LogP contribution in [-0.4, -0.2) is 17.8 Å². The number of hydrogen-bond donors (Lipinski definition) is 2. The predicted molar refractivity (Wildman–Crippen MR) is 43.7 cm³/mol. The maximum atomic E-state index is 9.36. The lowest BCUT2D eigenvalue weighted by atomic mass is 9.75. The Morgan fingerprint density at radius 2 is 1.80 bits per heavy atom. The van der Waals surface area contributed by atoms with Crippen molar-refractivity contribution in [2.24, 2.45) is 17.1 Å². The van der Waals surface area contributed by atoms with E-state index >= 15 is 0 Å². The van der Waals surface area contributed by atoms with E-state index in [4.69, 9.17) is 5.73 Å². The summed E-state index contributed by atoms with van der Waals surface area (Å²) in [4.78, 5) is 0. The highest BCUT2D eigenvalue weighted by atomic mass is 16.3. The maximum Gasteiger partial charge on any atom is 0.0580 e. The largest absolute Gasteiger partial charge is 0.393 e. The van der Waals surface area contributed by atoms with Gasteiger partial charge in [-0.15, -0.1) is 0 Å². The van der Waals surface area contributed by atoms with E-state index in [0.717, 1.165) is 0 Å². The van der Waals surface area contributed by atoms with Crippen LogP contribution in [0.5, 0.6) is 0 Å². The zero-order valence-electron chi connectivity index (χ0n) is 7.39. The Balaban J connectivity index is 4.23. The molecular weight excluding hydrogens is 126 g/mol. The van der Waals surface area contributed by atoms with Gasteiger partial charge in [0.05, 0.1) is 6.10 Å². The quantitative estimate of drug-likeness (QED) is 0.622. The summed E-state index contributed by atoms with van der Waals surface area (Å²) < 4.78 is 0. The molecule has 0 aliphatic carbocycles. The predicted octanol–water partition coefficient (Wildman–Crippen LogP) is 0.988. The van der Waals surface area contributed by atoms with Gasteiger partial charge in [0.25, 0.3) is 0 Å². The minimum atomic E-state index is -0.322. The van der Waals surface area contributed by atoms with Crippen LogP contribution in [0.1, 0.15) is 27.7 Å². The van der Waals surface area contributed by atoms with Crippen LogP contribution < -0.4 is 5.73 Å². The van der Waals surface area contributed by atoms with E-state index in [-0.39, 0.29) is 11.5 Å². The van der Waals surface area contributed by atoms with Gasteiger partial charge in [-0.2, -0.15) is 0 Å². The molecule has 10 heavy (non-hydrogen) atoms. The SMILES string of the molecule is CC(C)C(C)(CN)C(C)O. The van der Waals surface area contributed by atoms with Crippen molar-refractivity contribution in [3.05, 3.63) is 0 Å². The first kappa shape index (κ1) is 9.92. The Hall–Kier alpha value is -0.0800. The highest BCUT2D eigenvalue weighted by Crippen LogP contribution is 2.29. The smallest absolute Gasteiger partial charge is 0.0580 e. The minimum Gasteiger partial charge on any atom is -0.393 e. The molecule has 0 aliphatic heterocycles. The summed E-state index contributed by atoms with van der Waals surface area (Å²) in [6.45, 7) is 8.52. The van der Waals surface area contributed by atoms with Gasteiger partial charge in [-0.3, -0.25) is 0 Å². The molecule has 0 saturated heterocycles. The fourth-order valence-corrected chi connectivity index (χ4v) is 0.889. The molecule has 0 spiro atoms. The highest BCUT2D eigenvalue weighted by molar-refractivity contribution is 4.83. The molecule has 2 atom stereocenters. The molecule has 0 amide bonds. The van der Waals surface area contributed by atoms with Gasteiger partial charge in [0.15, 0.2) is 0 Å². The molecule has 0 rings (SSSR count). The standard InChI is InChI=1S/C8H19NO/c1-6(2)8(4,5-9)7(3)10/h6-7,10H,5,9H2,1-4H3. The molecule has 0 saturated carbocycles. The molecule has 3 N–H and O–H groups in total. The number of aliphatic hydroxyl groups excluding tert-OH is 1. The normalized spacial score (nSPS) is 20.7. The Morgan fingerprint density at radius 1 is 1.40 bits per heavy atom. The van der Waals surface area contributed by atoms with Gasteiger partial charge in [0, 0.05) is 12.0 Å². The van der Waals surface area contributed by atoms with Crippen LogP contribution in [0, 0.1) is 11.3 Å². The van der Waals surface area contributed by atoms with Crippen molar-refractivity contribution in [1.82, 2.24) is 0 Å². The Labute approximate surface area is 63.4 Å². The van der Waals surface area contributed by atoms with E-state index in [1.165, 1.54) is 0 Å². The first-order valence-electron chi connectivity index (χ1n) is 3.83. The van der Waals surface area contributed by atoms with Crippen molar-refractivity contribution in [1.29, 1.82) is 0 Å². The van der Waals surface area contributed by atoms with Gasteiger partial charge in [-0.25, -0.2) is 0 Å². The number of rotatable bonds is 3. The number of aliphatic hydroxyl groups is 1. The molecule has 0 aromatic rings. The van der Waals surface area contributed by atoms with Crippen LogP contribution >= 0.6 is 0 Å². The zero-order chi connectivity index (χ0) is 8.36. The summed E-state index contributed by atoms with van der Waals surface area (Å²) in [5.74, 6) is 0.428. The molecule has 0 fully saturated rings. The van der Waals surface area contributed by atoms with E-state index in [9.17, 15) is 5.11 Å². The van der Waals surface area contributed by atoms with Gasteiger partial charge < -0.3 is 10.8 Å². The van der Waals surface area contributed by atoms with Gasteiger partial charge >= 0.3 is 0 Å². The molecule has 0 heterocycles. The summed E-state index contributed by atoms with van der Waals surface area (Å²) in [7, 11) is 0. The summed E-state index contributed by atoms with van der Waals surface area (Å²) in [5, 5.41) is 9.36. The van der Waals surface area contributed by atoms with E-state index in [1.807, 2.05) is 6.92 Å². The number of nitrogens with two attached hydrogens (primary N) is 1. The van der Waals surface area contributed by atoms with Crippen molar-refractivity contribution < 1.29 is 5.11 Å². The van der Waals surface area contributed by atoms with Crippen molar-refractivity contribution in [2.75, 3.05) is 6.54 Å².